The summed E-state index contributed by atoms with van der Waals surface area (Å²) in [5.74, 6) is 1.24. The van der Waals surface area contributed by atoms with E-state index in [9.17, 15) is 9.59 Å². The predicted molar refractivity (Wildman–Crippen MR) is 102 cm³/mol. The Morgan fingerprint density at radius 2 is 1.85 bits per heavy atom. The minimum Gasteiger partial charge on any atom is -0.342 e. The molecule has 3 heterocycles. The van der Waals surface area contributed by atoms with Gasteiger partial charge in [0.1, 0.15) is 5.01 Å². The maximum Gasteiger partial charge on any atom is 0.323 e. The molecule has 2 aliphatic rings. The van der Waals surface area contributed by atoms with Crippen LogP contribution in [0.2, 0.25) is 0 Å². The second kappa shape index (κ2) is 8.33. The zero-order valence-electron chi connectivity index (χ0n) is 15.9. The molecule has 0 aliphatic carbocycles. The number of urea groups is 1. The third-order valence-corrected chi connectivity index (χ3v) is 6.39. The van der Waals surface area contributed by atoms with Gasteiger partial charge in [-0.2, -0.15) is 0 Å². The number of nitrogens with zero attached hydrogens (tertiary/aromatic N) is 4. The first-order chi connectivity index (χ1) is 12.4. The molecule has 8 heteroatoms. The van der Waals surface area contributed by atoms with Gasteiger partial charge in [0.25, 0.3) is 0 Å². The van der Waals surface area contributed by atoms with Gasteiger partial charge in [0, 0.05) is 38.0 Å². The number of hydrogen-bond donors (Lipinski definition) is 1. The quantitative estimate of drug-likeness (QED) is 0.875. The van der Waals surface area contributed by atoms with Crippen LogP contribution in [0, 0.1) is 11.8 Å². The number of nitrogens with one attached hydrogen (secondary N) is 1. The highest BCUT2D eigenvalue weighted by atomic mass is 32.1. The van der Waals surface area contributed by atoms with Crippen LogP contribution in [0.15, 0.2) is 0 Å². The van der Waals surface area contributed by atoms with Crippen LogP contribution in [0.5, 0.6) is 0 Å². The monoisotopic (exact) mass is 379 g/mol. The third kappa shape index (κ3) is 4.52. The van der Waals surface area contributed by atoms with Crippen molar-refractivity contribution in [1.82, 2.24) is 20.0 Å². The van der Waals surface area contributed by atoms with Crippen LogP contribution in [0.4, 0.5) is 9.93 Å². The molecule has 2 aliphatic heterocycles. The zero-order chi connectivity index (χ0) is 18.7. The molecule has 0 radical (unpaired) electrons. The number of hydrogen-bond acceptors (Lipinski definition) is 5. The first-order valence-electron chi connectivity index (χ1n) is 9.62. The summed E-state index contributed by atoms with van der Waals surface area (Å²) in [5, 5.41) is 12.4. The van der Waals surface area contributed by atoms with Crippen molar-refractivity contribution >= 4 is 28.4 Å². The van der Waals surface area contributed by atoms with E-state index in [1.807, 2.05) is 4.90 Å². The summed E-state index contributed by atoms with van der Waals surface area (Å²) in [6.45, 7) is 9.31. The lowest BCUT2D eigenvalue weighted by atomic mass is 9.93. The molecular formula is C18H29N5O2S. The minimum absolute atomic E-state index is 0.0541. The lowest BCUT2D eigenvalue weighted by molar-refractivity contribution is -0.138. The van der Waals surface area contributed by atoms with Gasteiger partial charge >= 0.3 is 6.03 Å². The van der Waals surface area contributed by atoms with E-state index in [0.717, 1.165) is 37.4 Å². The number of amides is 3. The maximum atomic E-state index is 12.7. The van der Waals surface area contributed by atoms with Crippen LogP contribution in [0.3, 0.4) is 0 Å². The third-order valence-electron chi connectivity index (χ3n) is 5.25. The Labute approximate surface area is 159 Å². The lowest BCUT2D eigenvalue weighted by Crippen LogP contribution is -2.47. The van der Waals surface area contributed by atoms with Crippen LogP contribution in [-0.4, -0.2) is 58.1 Å². The van der Waals surface area contributed by atoms with E-state index < -0.39 is 0 Å². The van der Waals surface area contributed by atoms with E-state index in [1.54, 1.807) is 4.90 Å². The number of carbonyl (C=O) groups excluding carboxylic acids is 2. The summed E-state index contributed by atoms with van der Waals surface area (Å²) < 4.78 is 0. The van der Waals surface area contributed by atoms with Crippen LogP contribution < -0.4 is 5.32 Å². The molecule has 1 unspecified atom stereocenters. The second-order valence-corrected chi connectivity index (χ2v) is 8.83. The molecule has 0 spiro atoms. The van der Waals surface area contributed by atoms with Crippen molar-refractivity contribution in [2.75, 3.05) is 31.5 Å². The summed E-state index contributed by atoms with van der Waals surface area (Å²) in [6, 6.07) is -0.144. The van der Waals surface area contributed by atoms with Gasteiger partial charge in [-0.15, -0.1) is 10.2 Å². The maximum absolute atomic E-state index is 12.7. The predicted octanol–water partition coefficient (Wildman–Crippen LogP) is 3.16. The Bertz CT molecular complexity index is 639. The van der Waals surface area contributed by atoms with Crippen LogP contribution in [-0.2, 0) is 4.79 Å². The van der Waals surface area contributed by atoms with Gasteiger partial charge in [-0.25, -0.2) is 4.79 Å². The summed E-state index contributed by atoms with van der Waals surface area (Å²) in [4.78, 5) is 29.0. The van der Waals surface area contributed by atoms with E-state index in [0.29, 0.717) is 30.1 Å². The molecule has 0 aromatic carbocycles. The molecule has 3 amide bonds. The number of anilines is 1. The molecule has 7 nitrogen and oxygen atoms in total. The average Bonchev–Trinajstić information content (AvgIpc) is 3.10. The summed E-state index contributed by atoms with van der Waals surface area (Å²) in [5.41, 5.74) is 0. The van der Waals surface area contributed by atoms with Gasteiger partial charge in [0.2, 0.25) is 11.0 Å². The Hall–Kier alpha value is -1.70. The zero-order valence-corrected chi connectivity index (χ0v) is 16.7. The number of piperidine rings is 2. The number of rotatable bonds is 3. The van der Waals surface area contributed by atoms with Crippen molar-refractivity contribution in [1.29, 1.82) is 0 Å². The highest BCUT2D eigenvalue weighted by Gasteiger charge is 2.32. The normalized spacial score (nSPS) is 21.9. The molecule has 1 aromatic rings. The van der Waals surface area contributed by atoms with Crippen LogP contribution >= 0.6 is 11.3 Å². The average molecular weight is 380 g/mol. The Morgan fingerprint density at radius 1 is 1.12 bits per heavy atom. The van der Waals surface area contributed by atoms with Gasteiger partial charge in [-0.05, 0) is 31.6 Å². The number of likely N-dealkylation sites (tertiary alicyclic amines) is 2. The first kappa shape index (κ1) is 19.1. The first-order valence-corrected chi connectivity index (χ1v) is 10.4. The molecule has 2 fully saturated rings. The Balaban J connectivity index is 1.48. The minimum atomic E-state index is -0.144. The van der Waals surface area contributed by atoms with Crippen molar-refractivity contribution < 1.29 is 9.59 Å². The highest BCUT2D eigenvalue weighted by molar-refractivity contribution is 7.15. The van der Waals surface area contributed by atoms with Crippen molar-refractivity contribution in [3.63, 3.8) is 0 Å². The standard InChI is InChI=1S/C18H29N5O2S/c1-12(2)15-20-21-17(26-15)19-18(25)22-9-6-14(7-10-22)16(24)23-8-4-5-13(3)11-23/h12-14H,4-11H2,1-3H3,(H,19,21,25). The molecule has 2 saturated heterocycles. The van der Waals surface area contributed by atoms with Crippen molar-refractivity contribution in [2.24, 2.45) is 11.8 Å². The van der Waals surface area contributed by atoms with Crippen molar-refractivity contribution in [2.45, 2.75) is 52.4 Å². The van der Waals surface area contributed by atoms with Crippen LogP contribution in [0.25, 0.3) is 0 Å². The molecule has 144 valence electrons. The number of carbonyl (C=O) groups is 2. The summed E-state index contributed by atoms with van der Waals surface area (Å²) in [6.07, 6.45) is 3.80. The molecule has 0 bridgehead atoms. The van der Waals surface area contributed by atoms with E-state index in [1.165, 1.54) is 17.8 Å². The SMILES string of the molecule is CC1CCCN(C(=O)C2CCN(C(=O)Nc3nnc(C(C)C)s3)CC2)C1. The molecule has 1 aromatic heterocycles. The fourth-order valence-corrected chi connectivity index (χ4v) is 4.40. The van der Waals surface area contributed by atoms with E-state index in [4.69, 9.17) is 0 Å². The number of aromatic nitrogens is 2. The van der Waals surface area contributed by atoms with E-state index >= 15 is 0 Å². The fourth-order valence-electron chi connectivity index (χ4n) is 3.67. The molecule has 3 rings (SSSR count). The van der Waals surface area contributed by atoms with Crippen molar-refractivity contribution in [3.05, 3.63) is 5.01 Å². The highest BCUT2D eigenvalue weighted by Crippen LogP contribution is 2.25. The topological polar surface area (TPSA) is 78.4 Å². The van der Waals surface area contributed by atoms with Gasteiger partial charge in [-0.3, -0.25) is 10.1 Å². The van der Waals surface area contributed by atoms with Gasteiger partial charge < -0.3 is 9.80 Å². The molecule has 0 saturated carbocycles. The smallest absolute Gasteiger partial charge is 0.323 e. The molecule has 26 heavy (non-hydrogen) atoms. The van der Waals surface area contributed by atoms with Gasteiger partial charge in [0.05, 0.1) is 0 Å². The largest absolute Gasteiger partial charge is 0.342 e. The summed E-state index contributed by atoms with van der Waals surface area (Å²) >= 11 is 1.42. The molecular weight excluding hydrogens is 350 g/mol. The van der Waals surface area contributed by atoms with Gasteiger partial charge in [-0.1, -0.05) is 32.1 Å². The fraction of sp³-hybridized carbons (Fsp3) is 0.778. The molecule has 1 atom stereocenters. The lowest BCUT2D eigenvalue weighted by Gasteiger charge is -2.37. The van der Waals surface area contributed by atoms with Crippen molar-refractivity contribution in [3.8, 4) is 0 Å². The van der Waals surface area contributed by atoms with Crippen LogP contribution in [0.1, 0.15) is 57.4 Å². The summed E-state index contributed by atoms with van der Waals surface area (Å²) in [7, 11) is 0. The molecule has 1 N–H and O–H groups in total. The second-order valence-electron chi connectivity index (χ2n) is 7.82. The van der Waals surface area contributed by atoms with Gasteiger partial charge in [0.15, 0.2) is 0 Å². The van der Waals surface area contributed by atoms with E-state index in [-0.39, 0.29) is 17.9 Å². The Kier molecular flexibility index (Phi) is 6.11. The van der Waals surface area contributed by atoms with E-state index in [2.05, 4.69) is 36.3 Å². The Morgan fingerprint density at radius 3 is 2.46 bits per heavy atom.